The molecule has 0 aliphatic heterocycles. The summed E-state index contributed by atoms with van der Waals surface area (Å²) in [5.74, 6) is 2.40. The average Bonchev–Trinajstić information content (AvgIpc) is 2.18. The number of rotatable bonds is 3. The van der Waals surface area contributed by atoms with Gasteiger partial charge in [-0.3, -0.25) is 4.79 Å². The molecule has 3 heteroatoms. The van der Waals surface area contributed by atoms with Gasteiger partial charge in [-0.25, -0.2) is 0 Å². The first kappa shape index (κ1) is 11.1. The van der Waals surface area contributed by atoms with Crippen molar-refractivity contribution in [1.29, 1.82) is 0 Å². The third kappa shape index (κ3) is 3.38. The Bertz CT molecular complexity index is 368. The fraction of sp³-hybridized carbons (Fsp3) is 0.182. The lowest BCUT2D eigenvalue weighted by Gasteiger charge is -2.02. The first-order valence-electron chi connectivity index (χ1n) is 4.21. The highest BCUT2D eigenvalue weighted by Crippen LogP contribution is 2.07. The molecule has 0 atom stereocenters. The third-order valence-electron chi connectivity index (χ3n) is 1.64. The Hall–Kier alpha value is -1.02. The van der Waals surface area contributed by atoms with Crippen LogP contribution in [0.4, 0.5) is 0 Å². The maximum Gasteiger partial charge on any atom is 0.251 e. The molecule has 1 aromatic carbocycles. The molecule has 1 amide bonds. The number of benzene rings is 1. The predicted octanol–water partition coefficient (Wildman–Crippen LogP) is 2.04. The van der Waals surface area contributed by atoms with Crippen LogP contribution in [0.5, 0.6) is 0 Å². The van der Waals surface area contributed by atoms with Gasteiger partial charge >= 0.3 is 0 Å². The minimum Gasteiger partial charge on any atom is -0.351 e. The molecule has 14 heavy (non-hydrogen) atoms. The highest BCUT2D eigenvalue weighted by molar-refractivity contribution is 14.1. The molecular formula is C11H10INO. The number of hydrogen-bond acceptors (Lipinski definition) is 1. The van der Waals surface area contributed by atoms with E-state index in [1.807, 2.05) is 18.2 Å². The Morgan fingerprint density at radius 1 is 1.57 bits per heavy atom. The highest BCUT2D eigenvalue weighted by atomic mass is 127. The Labute approximate surface area is 97.2 Å². The van der Waals surface area contributed by atoms with Crippen LogP contribution in [0.15, 0.2) is 24.3 Å². The average molecular weight is 299 g/mol. The summed E-state index contributed by atoms with van der Waals surface area (Å²) >= 11 is 2.17. The summed E-state index contributed by atoms with van der Waals surface area (Å²) in [6.07, 6.45) is 5.64. The Morgan fingerprint density at radius 3 is 3.00 bits per heavy atom. The van der Waals surface area contributed by atoms with Crippen LogP contribution in [0.1, 0.15) is 16.8 Å². The van der Waals surface area contributed by atoms with Crippen LogP contribution in [0.2, 0.25) is 0 Å². The van der Waals surface area contributed by atoms with Gasteiger partial charge in [0.1, 0.15) is 0 Å². The molecule has 0 bridgehead atoms. The molecule has 0 aromatic heterocycles. The van der Waals surface area contributed by atoms with Crippen LogP contribution in [0.3, 0.4) is 0 Å². The molecule has 0 saturated carbocycles. The quantitative estimate of drug-likeness (QED) is 0.516. The summed E-state index contributed by atoms with van der Waals surface area (Å²) < 4.78 is 1.05. The zero-order chi connectivity index (χ0) is 10.4. The molecule has 0 radical (unpaired) electrons. The largest absolute Gasteiger partial charge is 0.351 e. The molecule has 0 heterocycles. The summed E-state index contributed by atoms with van der Waals surface area (Å²) in [6, 6.07) is 7.43. The van der Waals surface area contributed by atoms with Gasteiger partial charge in [-0.15, -0.1) is 12.3 Å². The monoisotopic (exact) mass is 299 g/mol. The van der Waals surface area contributed by atoms with Gasteiger partial charge < -0.3 is 5.32 Å². The van der Waals surface area contributed by atoms with E-state index in [0.29, 0.717) is 18.5 Å². The van der Waals surface area contributed by atoms with Crippen molar-refractivity contribution in [3.8, 4) is 12.3 Å². The van der Waals surface area contributed by atoms with Crippen molar-refractivity contribution in [3.63, 3.8) is 0 Å². The minimum atomic E-state index is -0.0706. The molecule has 0 saturated heterocycles. The zero-order valence-electron chi connectivity index (χ0n) is 7.59. The number of carbonyl (C=O) groups excluding carboxylic acids is 1. The van der Waals surface area contributed by atoms with Crippen molar-refractivity contribution < 1.29 is 4.79 Å². The standard InChI is InChI=1S/C11H10INO/c1-2-3-7-13-11(14)9-5-4-6-10(12)8-9/h1,4-6,8H,3,7H2,(H,13,14). The van der Waals surface area contributed by atoms with E-state index in [0.717, 1.165) is 3.57 Å². The van der Waals surface area contributed by atoms with Gasteiger partial charge in [0.15, 0.2) is 0 Å². The van der Waals surface area contributed by atoms with Crippen molar-refractivity contribution in [2.75, 3.05) is 6.54 Å². The van der Waals surface area contributed by atoms with Crippen LogP contribution >= 0.6 is 22.6 Å². The topological polar surface area (TPSA) is 29.1 Å². The van der Waals surface area contributed by atoms with Crippen LogP contribution in [0.25, 0.3) is 0 Å². The van der Waals surface area contributed by atoms with Crippen LogP contribution < -0.4 is 5.32 Å². The lowest BCUT2D eigenvalue weighted by atomic mass is 10.2. The van der Waals surface area contributed by atoms with Crippen LogP contribution in [0, 0.1) is 15.9 Å². The molecular weight excluding hydrogens is 289 g/mol. The fourth-order valence-electron chi connectivity index (χ4n) is 0.980. The summed E-state index contributed by atoms with van der Waals surface area (Å²) in [4.78, 5) is 11.5. The van der Waals surface area contributed by atoms with E-state index < -0.39 is 0 Å². The SMILES string of the molecule is C#CCCNC(=O)c1cccc(I)c1. The Balaban J connectivity index is 2.57. The minimum absolute atomic E-state index is 0.0706. The molecule has 0 aliphatic carbocycles. The molecule has 1 rings (SSSR count). The van der Waals surface area contributed by atoms with Crippen LogP contribution in [-0.4, -0.2) is 12.5 Å². The van der Waals surface area contributed by atoms with Gasteiger partial charge in [-0.05, 0) is 40.8 Å². The lowest BCUT2D eigenvalue weighted by Crippen LogP contribution is -2.24. The normalized spacial score (nSPS) is 9.14. The van der Waals surface area contributed by atoms with E-state index in [9.17, 15) is 4.79 Å². The third-order valence-corrected chi connectivity index (χ3v) is 2.31. The van der Waals surface area contributed by atoms with Gasteiger partial charge in [0.05, 0.1) is 0 Å². The van der Waals surface area contributed by atoms with Gasteiger partial charge in [0.2, 0.25) is 0 Å². The molecule has 1 N–H and O–H groups in total. The van der Waals surface area contributed by atoms with Crippen LogP contribution in [-0.2, 0) is 0 Å². The number of carbonyl (C=O) groups is 1. The van der Waals surface area contributed by atoms with Crippen molar-refractivity contribution in [1.82, 2.24) is 5.32 Å². The summed E-state index contributed by atoms with van der Waals surface area (Å²) in [6.45, 7) is 0.529. The Morgan fingerprint density at radius 2 is 2.36 bits per heavy atom. The smallest absolute Gasteiger partial charge is 0.251 e. The first-order valence-corrected chi connectivity index (χ1v) is 5.29. The van der Waals surface area contributed by atoms with Gasteiger partial charge in [0.25, 0.3) is 5.91 Å². The summed E-state index contributed by atoms with van der Waals surface area (Å²) in [7, 11) is 0. The predicted molar refractivity (Wildman–Crippen MR) is 64.9 cm³/mol. The second kappa shape index (κ2) is 5.66. The zero-order valence-corrected chi connectivity index (χ0v) is 9.74. The van der Waals surface area contributed by atoms with E-state index in [2.05, 4.69) is 33.8 Å². The number of terminal acetylenes is 1. The molecule has 1 aromatic rings. The van der Waals surface area contributed by atoms with Crippen molar-refractivity contribution in [2.24, 2.45) is 0 Å². The highest BCUT2D eigenvalue weighted by Gasteiger charge is 2.03. The second-order valence-corrected chi connectivity index (χ2v) is 3.97. The molecule has 0 spiro atoms. The maximum absolute atomic E-state index is 11.5. The van der Waals surface area contributed by atoms with Gasteiger partial charge in [-0.1, -0.05) is 6.07 Å². The summed E-state index contributed by atoms with van der Waals surface area (Å²) in [5, 5.41) is 2.74. The molecule has 0 unspecified atom stereocenters. The van der Waals surface area contributed by atoms with E-state index in [4.69, 9.17) is 6.42 Å². The number of nitrogens with one attached hydrogen (secondary N) is 1. The van der Waals surface area contributed by atoms with Crippen molar-refractivity contribution in [3.05, 3.63) is 33.4 Å². The number of hydrogen-bond donors (Lipinski definition) is 1. The summed E-state index contributed by atoms with van der Waals surface area (Å²) in [5.41, 5.74) is 0.675. The molecule has 72 valence electrons. The van der Waals surface area contributed by atoms with E-state index in [1.54, 1.807) is 6.07 Å². The second-order valence-electron chi connectivity index (χ2n) is 2.72. The van der Waals surface area contributed by atoms with Gasteiger partial charge in [-0.2, -0.15) is 0 Å². The number of halogens is 1. The van der Waals surface area contributed by atoms with E-state index in [1.165, 1.54) is 0 Å². The molecule has 0 fully saturated rings. The van der Waals surface area contributed by atoms with E-state index >= 15 is 0 Å². The maximum atomic E-state index is 11.5. The van der Waals surface area contributed by atoms with Crippen molar-refractivity contribution in [2.45, 2.75) is 6.42 Å². The number of amides is 1. The van der Waals surface area contributed by atoms with Crippen molar-refractivity contribution >= 4 is 28.5 Å². The van der Waals surface area contributed by atoms with E-state index in [-0.39, 0.29) is 5.91 Å². The lowest BCUT2D eigenvalue weighted by molar-refractivity contribution is 0.0954. The fourth-order valence-corrected chi connectivity index (χ4v) is 1.52. The molecule has 2 nitrogen and oxygen atoms in total. The van der Waals surface area contributed by atoms with Gasteiger partial charge in [0, 0.05) is 22.1 Å². The first-order chi connectivity index (χ1) is 6.74. The Kier molecular flexibility index (Phi) is 4.47. The molecule has 0 aliphatic rings.